The number of pyridine rings is 1. The number of aromatic nitrogens is 2. The van der Waals surface area contributed by atoms with E-state index in [9.17, 15) is 0 Å². The largest absolute Gasteiger partial charge is 0.351 e. The summed E-state index contributed by atoms with van der Waals surface area (Å²) in [5.41, 5.74) is 3.19. The molecule has 3 aromatic rings. The van der Waals surface area contributed by atoms with Gasteiger partial charge >= 0.3 is 0 Å². The molecule has 1 aromatic carbocycles. The van der Waals surface area contributed by atoms with Gasteiger partial charge in [0.25, 0.3) is 0 Å². The van der Waals surface area contributed by atoms with Crippen molar-refractivity contribution in [3.63, 3.8) is 0 Å². The molecule has 1 fully saturated rings. The van der Waals surface area contributed by atoms with E-state index in [-0.39, 0.29) is 12.1 Å². The highest BCUT2D eigenvalue weighted by Crippen LogP contribution is 2.41. The monoisotopic (exact) mass is 382 g/mol. The fraction of sp³-hybridized carbons (Fsp3) is 0.200. The maximum Gasteiger partial charge on any atom is 0.174 e. The molecule has 1 aliphatic rings. The van der Waals surface area contributed by atoms with E-state index >= 15 is 0 Å². The SMILES string of the molecule is CCn1cccc1C1C(c2ccccn2)NC(=S)N1c1ccc(Cl)cc1. The number of anilines is 1. The number of halogens is 1. The standard InChI is InChI=1S/C20H19ClN4S/c1-2-24-13-5-7-17(24)19-18(16-6-3-4-12-22-16)23-20(26)25(19)15-10-8-14(21)9-11-15/h3-13,18-19H,2H2,1H3,(H,23,26). The van der Waals surface area contributed by atoms with Gasteiger partial charge in [-0.25, -0.2) is 0 Å². The van der Waals surface area contributed by atoms with Crippen LogP contribution in [0.1, 0.15) is 30.4 Å². The Labute approximate surface area is 163 Å². The number of benzene rings is 1. The Hall–Kier alpha value is -2.37. The molecule has 0 radical (unpaired) electrons. The fourth-order valence-corrected chi connectivity index (χ4v) is 3.99. The third kappa shape index (κ3) is 2.97. The Balaban J connectivity index is 1.84. The molecule has 2 unspecified atom stereocenters. The molecule has 0 spiro atoms. The smallest absolute Gasteiger partial charge is 0.174 e. The van der Waals surface area contributed by atoms with E-state index in [0.29, 0.717) is 10.1 Å². The summed E-state index contributed by atoms with van der Waals surface area (Å²) in [6, 6.07) is 18.0. The Morgan fingerprint density at radius 2 is 1.92 bits per heavy atom. The van der Waals surface area contributed by atoms with Crippen molar-refractivity contribution in [1.82, 2.24) is 14.9 Å². The van der Waals surface area contributed by atoms with Gasteiger partial charge < -0.3 is 14.8 Å². The van der Waals surface area contributed by atoms with Gasteiger partial charge in [-0.2, -0.15) is 0 Å². The van der Waals surface area contributed by atoms with Crippen molar-refractivity contribution in [2.45, 2.75) is 25.6 Å². The molecule has 0 bridgehead atoms. The van der Waals surface area contributed by atoms with Gasteiger partial charge in [-0.1, -0.05) is 17.7 Å². The quantitative estimate of drug-likeness (QED) is 0.661. The van der Waals surface area contributed by atoms with Crippen molar-refractivity contribution in [2.75, 3.05) is 4.90 Å². The zero-order valence-corrected chi connectivity index (χ0v) is 15.9. The normalized spacial score (nSPS) is 19.6. The number of hydrogen-bond acceptors (Lipinski definition) is 2. The molecule has 0 amide bonds. The predicted octanol–water partition coefficient (Wildman–Crippen LogP) is 4.73. The molecule has 2 atom stereocenters. The van der Waals surface area contributed by atoms with E-state index in [4.69, 9.17) is 23.8 Å². The molecule has 1 N–H and O–H groups in total. The van der Waals surface area contributed by atoms with E-state index < -0.39 is 0 Å². The van der Waals surface area contributed by atoms with Crippen molar-refractivity contribution in [3.05, 3.63) is 83.4 Å². The molecule has 132 valence electrons. The molecular formula is C20H19ClN4S. The van der Waals surface area contributed by atoms with Crippen molar-refractivity contribution < 1.29 is 0 Å². The van der Waals surface area contributed by atoms with Crippen LogP contribution in [0.2, 0.25) is 5.02 Å². The lowest BCUT2D eigenvalue weighted by Crippen LogP contribution is -2.30. The van der Waals surface area contributed by atoms with Gasteiger partial charge in [0.15, 0.2) is 5.11 Å². The second kappa shape index (κ2) is 7.09. The minimum Gasteiger partial charge on any atom is -0.351 e. The van der Waals surface area contributed by atoms with Gasteiger partial charge in [0.1, 0.15) is 6.04 Å². The van der Waals surface area contributed by atoms with Gasteiger partial charge in [-0.15, -0.1) is 0 Å². The van der Waals surface area contributed by atoms with Crippen LogP contribution in [0.15, 0.2) is 67.0 Å². The molecule has 0 aliphatic carbocycles. The van der Waals surface area contributed by atoms with Gasteiger partial charge in [0, 0.05) is 35.3 Å². The molecule has 1 saturated heterocycles. The number of hydrogen-bond donors (Lipinski definition) is 1. The first kappa shape index (κ1) is 17.1. The van der Waals surface area contributed by atoms with Crippen LogP contribution in [-0.2, 0) is 6.54 Å². The average molecular weight is 383 g/mol. The molecule has 26 heavy (non-hydrogen) atoms. The first-order valence-electron chi connectivity index (χ1n) is 8.60. The topological polar surface area (TPSA) is 33.1 Å². The van der Waals surface area contributed by atoms with Crippen molar-refractivity contribution in [3.8, 4) is 0 Å². The minimum atomic E-state index is -0.0282. The lowest BCUT2D eigenvalue weighted by Gasteiger charge is -2.28. The second-order valence-corrected chi connectivity index (χ2v) is 7.02. The molecular weight excluding hydrogens is 364 g/mol. The van der Waals surface area contributed by atoms with Crippen molar-refractivity contribution in [2.24, 2.45) is 0 Å². The van der Waals surface area contributed by atoms with E-state index in [1.165, 1.54) is 5.69 Å². The molecule has 2 aromatic heterocycles. The zero-order valence-electron chi connectivity index (χ0n) is 14.3. The van der Waals surface area contributed by atoms with E-state index in [1.54, 1.807) is 0 Å². The van der Waals surface area contributed by atoms with E-state index in [0.717, 1.165) is 17.9 Å². The third-order valence-electron chi connectivity index (χ3n) is 4.71. The van der Waals surface area contributed by atoms with E-state index in [1.807, 2.05) is 48.7 Å². The maximum atomic E-state index is 6.08. The van der Waals surface area contributed by atoms with Crippen LogP contribution in [0.3, 0.4) is 0 Å². The fourth-order valence-electron chi connectivity index (χ4n) is 3.52. The van der Waals surface area contributed by atoms with Crippen molar-refractivity contribution >= 4 is 34.6 Å². The number of aryl methyl sites for hydroxylation is 1. The van der Waals surface area contributed by atoms with Crippen LogP contribution in [-0.4, -0.2) is 14.7 Å². The first-order valence-corrected chi connectivity index (χ1v) is 9.39. The summed E-state index contributed by atoms with van der Waals surface area (Å²) in [5.74, 6) is 0. The summed E-state index contributed by atoms with van der Waals surface area (Å²) >= 11 is 11.8. The summed E-state index contributed by atoms with van der Waals surface area (Å²) in [7, 11) is 0. The van der Waals surface area contributed by atoms with Crippen LogP contribution >= 0.6 is 23.8 Å². The molecule has 1 aliphatic heterocycles. The van der Waals surface area contributed by atoms with E-state index in [2.05, 4.69) is 45.0 Å². The highest BCUT2D eigenvalue weighted by molar-refractivity contribution is 7.80. The molecule has 3 heterocycles. The lowest BCUT2D eigenvalue weighted by atomic mass is 10.0. The van der Waals surface area contributed by atoms with Crippen LogP contribution in [0, 0.1) is 0 Å². The predicted molar refractivity (Wildman–Crippen MR) is 109 cm³/mol. The molecule has 6 heteroatoms. The molecule has 4 rings (SSSR count). The summed E-state index contributed by atoms with van der Waals surface area (Å²) in [4.78, 5) is 6.73. The Morgan fingerprint density at radius 3 is 2.62 bits per heavy atom. The Morgan fingerprint density at radius 1 is 1.12 bits per heavy atom. The minimum absolute atomic E-state index is 0.00789. The lowest BCUT2D eigenvalue weighted by molar-refractivity contribution is 0.529. The first-order chi connectivity index (χ1) is 12.7. The van der Waals surface area contributed by atoms with Gasteiger partial charge in [-0.3, -0.25) is 4.98 Å². The number of nitrogens with one attached hydrogen (secondary N) is 1. The number of nitrogens with zero attached hydrogens (tertiary/aromatic N) is 3. The van der Waals surface area contributed by atoms with Gasteiger partial charge in [0.05, 0.1) is 11.7 Å². The van der Waals surface area contributed by atoms with Gasteiger partial charge in [-0.05, 0) is 67.7 Å². The summed E-state index contributed by atoms with van der Waals surface area (Å²) in [5, 5.41) is 4.87. The average Bonchev–Trinajstić information content (AvgIpc) is 3.27. The van der Waals surface area contributed by atoms with Gasteiger partial charge in [0.2, 0.25) is 0 Å². The van der Waals surface area contributed by atoms with Crippen LogP contribution in [0.25, 0.3) is 0 Å². The molecule has 0 saturated carbocycles. The Bertz CT molecular complexity index is 907. The summed E-state index contributed by atoms with van der Waals surface area (Å²) in [6.45, 7) is 3.04. The number of rotatable bonds is 4. The zero-order chi connectivity index (χ0) is 18.1. The van der Waals surface area contributed by atoms with Crippen LogP contribution < -0.4 is 10.2 Å². The third-order valence-corrected chi connectivity index (χ3v) is 5.28. The summed E-state index contributed by atoms with van der Waals surface area (Å²) in [6.07, 6.45) is 3.92. The van der Waals surface area contributed by atoms with Crippen LogP contribution in [0.4, 0.5) is 5.69 Å². The van der Waals surface area contributed by atoms with Crippen LogP contribution in [0.5, 0.6) is 0 Å². The number of thiocarbonyl (C=S) groups is 1. The highest BCUT2D eigenvalue weighted by Gasteiger charge is 2.41. The second-order valence-electron chi connectivity index (χ2n) is 6.19. The highest BCUT2D eigenvalue weighted by atomic mass is 35.5. The summed E-state index contributed by atoms with van der Waals surface area (Å²) < 4.78 is 2.25. The molecule has 4 nitrogen and oxygen atoms in total. The maximum absolute atomic E-state index is 6.08. The van der Waals surface area contributed by atoms with Crippen molar-refractivity contribution in [1.29, 1.82) is 0 Å². The Kier molecular flexibility index (Phi) is 4.66.